The molecule has 0 spiro atoms. The molecule has 0 aliphatic carbocycles. The normalized spacial score (nSPS) is 16.0. The first-order chi connectivity index (χ1) is 15.6. The smallest absolute Gasteiger partial charge is 0.290 e. The Hall–Kier alpha value is -3.12. The second-order valence-corrected chi connectivity index (χ2v) is 9.84. The maximum absolute atomic E-state index is 13.6. The van der Waals surface area contributed by atoms with E-state index in [1.165, 1.54) is 5.56 Å². The van der Waals surface area contributed by atoms with Gasteiger partial charge in [-0.25, -0.2) is 0 Å². The lowest BCUT2D eigenvalue weighted by Gasteiger charge is -2.27. The first kappa shape index (κ1) is 23.1. The quantitative estimate of drug-likeness (QED) is 0.552. The predicted molar refractivity (Wildman–Crippen MR) is 130 cm³/mol. The van der Waals surface area contributed by atoms with Crippen LogP contribution >= 0.6 is 0 Å². The molecule has 0 radical (unpaired) electrons. The molecule has 33 heavy (non-hydrogen) atoms. The van der Waals surface area contributed by atoms with Crippen molar-refractivity contribution < 1.29 is 13.9 Å². The van der Waals surface area contributed by atoms with Crippen molar-refractivity contribution in [3.63, 3.8) is 0 Å². The van der Waals surface area contributed by atoms with Crippen molar-refractivity contribution in [1.82, 2.24) is 9.80 Å². The van der Waals surface area contributed by atoms with E-state index in [4.69, 9.17) is 9.15 Å². The third-order valence-electron chi connectivity index (χ3n) is 6.13. The summed E-state index contributed by atoms with van der Waals surface area (Å²) in [6.07, 6.45) is 0. The molecule has 4 rings (SSSR count). The lowest BCUT2D eigenvalue weighted by molar-refractivity contribution is 0.0716. The second kappa shape index (κ2) is 8.67. The number of hydrogen-bond acceptors (Lipinski definition) is 5. The van der Waals surface area contributed by atoms with Gasteiger partial charge in [-0.1, -0.05) is 45.0 Å². The molecular weight excluding hydrogens is 416 g/mol. The zero-order valence-electron chi connectivity index (χ0n) is 20.3. The zero-order chi connectivity index (χ0) is 23.9. The molecule has 0 saturated carbocycles. The number of hydrogen-bond donors (Lipinski definition) is 0. The van der Waals surface area contributed by atoms with Crippen LogP contribution in [0.2, 0.25) is 0 Å². The number of ether oxygens (including phenoxy) is 1. The summed E-state index contributed by atoms with van der Waals surface area (Å²) >= 11 is 0. The molecule has 0 bridgehead atoms. The van der Waals surface area contributed by atoms with Gasteiger partial charge in [-0.15, -0.1) is 0 Å². The van der Waals surface area contributed by atoms with Crippen LogP contribution in [0.3, 0.4) is 0 Å². The molecule has 0 fully saturated rings. The van der Waals surface area contributed by atoms with Gasteiger partial charge in [0.15, 0.2) is 5.43 Å². The number of likely N-dealkylation sites (N-methyl/N-ethyl adjacent to an activating group) is 1. The van der Waals surface area contributed by atoms with Gasteiger partial charge in [0.05, 0.1) is 23.6 Å². The molecule has 1 aromatic heterocycles. The van der Waals surface area contributed by atoms with Gasteiger partial charge >= 0.3 is 0 Å². The molecule has 2 heterocycles. The molecule has 1 amide bonds. The van der Waals surface area contributed by atoms with E-state index in [1.807, 2.05) is 38.1 Å². The molecule has 6 heteroatoms. The monoisotopic (exact) mass is 448 g/mol. The molecular formula is C27H32N2O4. The van der Waals surface area contributed by atoms with Crippen molar-refractivity contribution in [2.24, 2.45) is 0 Å². The second-order valence-electron chi connectivity index (χ2n) is 9.84. The van der Waals surface area contributed by atoms with Gasteiger partial charge < -0.3 is 19.0 Å². The minimum absolute atomic E-state index is 0.0139. The van der Waals surface area contributed by atoms with E-state index in [9.17, 15) is 9.59 Å². The molecule has 2 aromatic carbocycles. The highest BCUT2D eigenvalue weighted by Crippen LogP contribution is 2.39. The Bertz CT molecular complexity index is 1240. The molecule has 174 valence electrons. The van der Waals surface area contributed by atoms with Gasteiger partial charge in [-0.3, -0.25) is 9.59 Å². The Kier molecular flexibility index (Phi) is 6.06. The number of rotatable bonds is 6. The van der Waals surface area contributed by atoms with Crippen molar-refractivity contribution in [2.75, 3.05) is 33.8 Å². The van der Waals surface area contributed by atoms with Gasteiger partial charge in [0.2, 0.25) is 5.76 Å². The van der Waals surface area contributed by atoms with Crippen LogP contribution in [0.4, 0.5) is 0 Å². The summed E-state index contributed by atoms with van der Waals surface area (Å²) in [4.78, 5) is 30.9. The van der Waals surface area contributed by atoms with Crippen LogP contribution in [0.1, 0.15) is 61.0 Å². The number of nitrogens with zero attached hydrogens (tertiary/aromatic N) is 2. The molecule has 1 atom stereocenters. The van der Waals surface area contributed by atoms with Crippen LogP contribution in [-0.4, -0.2) is 49.5 Å². The van der Waals surface area contributed by atoms with Gasteiger partial charge in [-0.2, -0.15) is 0 Å². The van der Waals surface area contributed by atoms with Crippen LogP contribution in [0, 0.1) is 0 Å². The van der Waals surface area contributed by atoms with E-state index in [0.717, 1.165) is 5.56 Å². The topological polar surface area (TPSA) is 63.0 Å². The van der Waals surface area contributed by atoms with E-state index < -0.39 is 6.04 Å². The lowest BCUT2D eigenvalue weighted by Crippen LogP contribution is -2.35. The van der Waals surface area contributed by atoms with Crippen LogP contribution in [0.5, 0.6) is 5.75 Å². The van der Waals surface area contributed by atoms with Gasteiger partial charge in [0, 0.05) is 19.2 Å². The Balaban J connectivity index is 1.88. The Morgan fingerprint density at radius 1 is 1.06 bits per heavy atom. The summed E-state index contributed by atoms with van der Waals surface area (Å²) in [6.45, 7) is 10.1. The van der Waals surface area contributed by atoms with Crippen LogP contribution < -0.4 is 10.2 Å². The number of fused-ring (bicyclic) bond motifs is 2. The van der Waals surface area contributed by atoms with Crippen molar-refractivity contribution in [2.45, 2.75) is 39.2 Å². The van der Waals surface area contributed by atoms with Gasteiger partial charge in [0.1, 0.15) is 11.3 Å². The highest BCUT2D eigenvalue weighted by Gasteiger charge is 2.42. The fourth-order valence-electron chi connectivity index (χ4n) is 4.31. The van der Waals surface area contributed by atoms with Gasteiger partial charge in [-0.05, 0) is 49.7 Å². The lowest BCUT2D eigenvalue weighted by atomic mass is 9.86. The number of benzene rings is 2. The molecule has 3 aromatic rings. The van der Waals surface area contributed by atoms with E-state index in [-0.39, 0.29) is 22.5 Å². The fraction of sp³-hybridized carbons (Fsp3) is 0.407. The first-order valence-corrected chi connectivity index (χ1v) is 11.4. The molecule has 6 nitrogen and oxygen atoms in total. The number of carbonyl (C=O) groups is 1. The van der Waals surface area contributed by atoms with E-state index in [2.05, 4.69) is 32.9 Å². The number of carbonyl (C=O) groups excluding carboxylic acids is 1. The largest absolute Gasteiger partial charge is 0.494 e. The summed E-state index contributed by atoms with van der Waals surface area (Å²) in [6, 6.07) is 12.9. The summed E-state index contributed by atoms with van der Waals surface area (Å²) in [5, 5.41) is 0.454. The van der Waals surface area contributed by atoms with Gasteiger partial charge in [0.25, 0.3) is 5.91 Å². The fourth-order valence-corrected chi connectivity index (χ4v) is 4.31. The Morgan fingerprint density at radius 2 is 1.76 bits per heavy atom. The molecule has 1 unspecified atom stereocenters. The summed E-state index contributed by atoms with van der Waals surface area (Å²) in [5.74, 6) is 0.486. The SMILES string of the molecule is CCOc1ccc2c(=O)c3c(oc2c1)C(=O)N(CCN(C)C)C3c1ccc(C(C)(C)C)cc1. The third kappa shape index (κ3) is 4.27. The van der Waals surface area contributed by atoms with Crippen LogP contribution in [-0.2, 0) is 5.41 Å². The van der Waals surface area contributed by atoms with E-state index >= 15 is 0 Å². The summed E-state index contributed by atoms with van der Waals surface area (Å²) in [7, 11) is 3.93. The molecule has 0 saturated heterocycles. The third-order valence-corrected chi connectivity index (χ3v) is 6.13. The van der Waals surface area contributed by atoms with E-state index in [0.29, 0.717) is 42.0 Å². The minimum atomic E-state index is -0.478. The zero-order valence-corrected chi connectivity index (χ0v) is 20.3. The summed E-state index contributed by atoms with van der Waals surface area (Å²) in [5.41, 5.74) is 2.74. The minimum Gasteiger partial charge on any atom is -0.494 e. The van der Waals surface area contributed by atoms with Crippen molar-refractivity contribution >= 4 is 16.9 Å². The molecule has 1 aliphatic rings. The van der Waals surface area contributed by atoms with Crippen molar-refractivity contribution in [3.05, 3.63) is 75.1 Å². The molecule has 1 aliphatic heterocycles. The highest BCUT2D eigenvalue weighted by atomic mass is 16.5. The number of amides is 1. The average Bonchev–Trinajstić information content (AvgIpc) is 3.04. The predicted octanol–water partition coefficient (Wildman–Crippen LogP) is 4.60. The van der Waals surface area contributed by atoms with Crippen LogP contribution in [0.15, 0.2) is 51.7 Å². The Morgan fingerprint density at radius 3 is 2.36 bits per heavy atom. The first-order valence-electron chi connectivity index (χ1n) is 11.4. The maximum atomic E-state index is 13.6. The van der Waals surface area contributed by atoms with Crippen LogP contribution in [0.25, 0.3) is 11.0 Å². The Labute approximate surface area is 194 Å². The standard InChI is InChI=1S/C27H32N2O4/c1-7-32-19-12-13-20-21(16-19)33-25-22(24(20)30)23(29(26(25)31)15-14-28(5)6)17-8-10-18(11-9-17)27(2,3)4/h8-13,16,23H,7,14-15H2,1-6H3. The van der Waals surface area contributed by atoms with E-state index in [1.54, 1.807) is 23.1 Å². The van der Waals surface area contributed by atoms with Crippen molar-refractivity contribution in [3.8, 4) is 5.75 Å². The molecule has 0 N–H and O–H groups in total. The summed E-state index contributed by atoms with van der Waals surface area (Å²) < 4.78 is 11.6. The maximum Gasteiger partial charge on any atom is 0.290 e. The highest BCUT2D eigenvalue weighted by molar-refractivity contribution is 5.99. The van der Waals surface area contributed by atoms with Crippen molar-refractivity contribution in [1.29, 1.82) is 0 Å². The average molecular weight is 449 g/mol.